The molecule has 20 heavy (non-hydrogen) atoms. The second kappa shape index (κ2) is 3.93. The molecule has 0 saturated carbocycles. The number of rotatable bonds is 0. The number of para-hydroxylation sites is 1. The van der Waals surface area contributed by atoms with Gasteiger partial charge in [0.2, 0.25) is 11.2 Å². The SMILES string of the molecule is Cc1nc(Cl)nc2c1NC(=O)C1Cc3ccccc3N21. The highest BCUT2D eigenvalue weighted by atomic mass is 35.5. The van der Waals surface area contributed by atoms with Crippen LogP contribution in [0.4, 0.5) is 17.2 Å². The summed E-state index contributed by atoms with van der Waals surface area (Å²) < 4.78 is 0. The largest absolute Gasteiger partial charge is 0.320 e. The Morgan fingerprint density at radius 2 is 2.15 bits per heavy atom. The van der Waals surface area contributed by atoms with Crippen molar-refractivity contribution in [3.63, 3.8) is 0 Å². The third-order valence-corrected chi connectivity index (χ3v) is 3.97. The van der Waals surface area contributed by atoms with Crippen molar-refractivity contribution in [2.75, 3.05) is 10.2 Å². The number of hydrogen-bond acceptors (Lipinski definition) is 4. The van der Waals surface area contributed by atoms with Crippen molar-refractivity contribution in [1.82, 2.24) is 9.97 Å². The number of halogens is 1. The van der Waals surface area contributed by atoms with Crippen molar-refractivity contribution in [2.24, 2.45) is 0 Å². The number of aryl methyl sites for hydroxylation is 1. The molecule has 0 aliphatic carbocycles. The van der Waals surface area contributed by atoms with Crippen LogP contribution in [0, 0.1) is 6.92 Å². The van der Waals surface area contributed by atoms with Crippen molar-refractivity contribution >= 4 is 34.7 Å². The van der Waals surface area contributed by atoms with Gasteiger partial charge in [-0.05, 0) is 30.2 Å². The Morgan fingerprint density at radius 3 is 3.00 bits per heavy atom. The zero-order chi connectivity index (χ0) is 13.9. The van der Waals surface area contributed by atoms with E-state index in [0.717, 1.165) is 11.3 Å². The number of hydrogen-bond donors (Lipinski definition) is 1. The highest BCUT2D eigenvalue weighted by Crippen LogP contribution is 2.44. The Balaban J connectivity index is 1.99. The smallest absolute Gasteiger partial charge is 0.248 e. The van der Waals surface area contributed by atoms with Crippen LogP contribution in [0.15, 0.2) is 24.3 Å². The maximum Gasteiger partial charge on any atom is 0.248 e. The predicted molar refractivity (Wildman–Crippen MR) is 76.5 cm³/mol. The fraction of sp³-hybridized carbons (Fsp3) is 0.214. The summed E-state index contributed by atoms with van der Waals surface area (Å²) in [5.74, 6) is 0.653. The summed E-state index contributed by atoms with van der Waals surface area (Å²) in [5.41, 5.74) is 3.49. The maximum atomic E-state index is 12.3. The quantitative estimate of drug-likeness (QED) is 0.756. The molecule has 0 saturated heterocycles. The van der Waals surface area contributed by atoms with Crippen molar-refractivity contribution in [3.8, 4) is 0 Å². The molecule has 3 heterocycles. The Hall–Kier alpha value is -2.14. The number of amides is 1. The lowest BCUT2D eigenvalue weighted by Gasteiger charge is -2.32. The first-order valence-corrected chi connectivity index (χ1v) is 6.75. The molecule has 2 aliphatic rings. The molecule has 1 unspecified atom stereocenters. The zero-order valence-corrected chi connectivity index (χ0v) is 11.5. The fourth-order valence-electron chi connectivity index (χ4n) is 2.91. The normalized spacial score (nSPS) is 19.2. The molecule has 0 fully saturated rings. The van der Waals surface area contributed by atoms with Crippen LogP contribution in [0.25, 0.3) is 0 Å². The van der Waals surface area contributed by atoms with E-state index in [1.807, 2.05) is 36.1 Å². The van der Waals surface area contributed by atoms with Crippen molar-refractivity contribution in [2.45, 2.75) is 19.4 Å². The lowest BCUT2D eigenvalue weighted by molar-refractivity contribution is -0.117. The summed E-state index contributed by atoms with van der Waals surface area (Å²) in [6.45, 7) is 1.81. The van der Waals surface area contributed by atoms with Crippen LogP contribution in [-0.2, 0) is 11.2 Å². The number of nitrogens with one attached hydrogen (secondary N) is 1. The van der Waals surface area contributed by atoms with Gasteiger partial charge in [-0.3, -0.25) is 4.79 Å². The Kier molecular flexibility index (Phi) is 2.29. The minimum atomic E-state index is -0.259. The maximum absolute atomic E-state index is 12.3. The van der Waals surface area contributed by atoms with Gasteiger partial charge < -0.3 is 10.2 Å². The molecular formula is C14H11ClN4O. The third kappa shape index (κ3) is 1.47. The summed E-state index contributed by atoms with van der Waals surface area (Å²) >= 11 is 5.97. The molecule has 1 atom stereocenters. The van der Waals surface area contributed by atoms with Gasteiger partial charge in [0.1, 0.15) is 11.7 Å². The Morgan fingerprint density at radius 1 is 1.35 bits per heavy atom. The highest BCUT2D eigenvalue weighted by molar-refractivity contribution is 6.28. The summed E-state index contributed by atoms with van der Waals surface area (Å²) in [6.07, 6.45) is 0.683. The molecule has 2 aromatic rings. The van der Waals surface area contributed by atoms with Gasteiger partial charge >= 0.3 is 0 Å². The molecule has 1 aromatic heterocycles. The number of fused-ring (bicyclic) bond motifs is 5. The first kappa shape index (κ1) is 11.7. The summed E-state index contributed by atoms with van der Waals surface area (Å²) in [5, 5.41) is 3.09. The Labute approximate surface area is 120 Å². The molecule has 0 spiro atoms. The molecule has 0 bridgehead atoms. The van der Waals surface area contributed by atoms with Gasteiger partial charge in [0.15, 0.2) is 5.82 Å². The van der Waals surface area contributed by atoms with E-state index in [0.29, 0.717) is 23.6 Å². The van der Waals surface area contributed by atoms with Gasteiger partial charge in [-0.1, -0.05) is 18.2 Å². The number of carbonyl (C=O) groups is 1. The van der Waals surface area contributed by atoms with Gasteiger partial charge in [0.25, 0.3) is 0 Å². The van der Waals surface area contributed by atoms with E-state index in [1.54, 1.807) is 0 Å². The second-order valence-corrected chi connectivity index (χ2v) is 5.32. The molecule has 1 N–H and O–H groups in total. The summed E-state index contributed by atoms with van der Waals surface area (Å²) in [6, 6.07) is 7.72. The molecule has 100 valence electrons. The van der Waals surface area contributed by atoms with E-state index < -0.39 is 0 Å². The summed E-state index contributed by atoms with van der Waals surface area (Å²) in [4.78, 5) is 22.7. The van der Waals surface area contributed by atoms with Gasteiger partial charge in [-0.15, -0.1) is 0 Å². The van der Waals surface area contributed by atoms with Gasteiger partial charge in [0, 0.05) is 12.1 Å². The van der Waals surface area contributed by atoms with Crippen LogP contribution in [0.3, 0.4) is 0 Å². The zero-order valence-electron chi connectivity index (χ0n) is 10.7. The van der Waals surface area contributed by atoms with E-state index in [2.05, 4.69) is 15.3 Å². The van der Waals surface area contributed by atoms with E-state index in [-0.39, 0.29) is 17.2 Å². The molecule has 6 heteroatoms. The first-order valence-electron chi connectivity index (χ1n) is 6.37. The van der Waals surface area contributed by atoms with Crippen molar-refractivity contribution in [3.05, 3.63) is 40.8 Å². The number of aromatic nitrogens is 2. The van der Waals surface area contributed by atoms with Crippen molar-refractivity contribution < 1.29 is 4.79 Å². The van der Waals surface area contributed by atoms with E-state index in [9.17, 15) is 4.79 Å². The van der Waals surface area contributed by atoms with E-state index in [4.69, 9.17) is 11.6 Å². The molecule has 1 amide bonds. The van der Waals surface area contributed by atoms with Crippen LogP contribution in [0.2, 0.25) is 5.28 Å². The van der Waals surface area contributed by atoms with Gasteiger partial charge in [0.05, 0.1) is 5.69 Å². The van der Waals surface area contributed by atoms with Crippen LogP contribution < -0.4 is 10.2 Å². The molecule has 1 aromatic carbocycles. The van der Waals surface area contributed by atoms with Gasteiger partial charge in [-0.25, -0.2) is 4.98 Å². The third-order valence-electron chi connectivity index (χ3n) is 3.80. The number of nitrogens with zero attached hydrogens (tertiary/aromatic N) is 3. The minimum Gasteiger partial charge on any atom is -0.320 e. The number of anilines is 3. The van der Waals surface area contributed by atoms with E-state index in [1.165, 1.54) is 0 Å². The van der Waals surface area contributed by atoms with Gasteiger partial charge in [-0.2, -0.15) is 4.98 Å². The molecule has 5 nitrogen and oxygen atoms in total. The fourth-order valence-corrected chi connectivity index (χ4v) is 3.12. The first-order chi connectivity index (χ1) is 9.65. The highest BCUT2D eigenvalue weighted by Gasteiger charge is 2.41. The van der Waals surface area contributed by atoms with E-state index >= 15 is 0 Å². The average molecular weight is 287 g/mol. The number of benzene rings is 1. The standard InChI is InChI=1S/C14H11ClN4O/c1-7-11-12(18-14(15)16-7)19-9-5-3-2-4-8(9)6-10(19)13(20)17-11/h2-5,10H,6H2,1H3,(H,17,20). The monoisotopic (exact) mass is 286 g/mol. The molecular weight excluding hydrogens is 276 g/mol. The summed E-state index contributed by atoms with van der Waals surface area (Å²) in [7, 11) is 0. The topological polar surface area (TPSA) is 58.1 Å². The van der Waals surface area contributed by atoms with Crippen molar-refractivity contribution in [1.29, 1.82) is 0 Å². The molecule has 4 rings (SSSR count). The minimum absolute atomic E-state index is 0.0253. The van der Waals surface area contributed by atoms with Crippen LogP contribution >= 0.6 is 11.6 Å². The molecule has 0 radical (unpaired) electrons. The van der Waals surface area contributed by atoms with Crippen LogP contribution in [-0.4, -0.2) is 21.9 Å². The lowest BCUT2D eigenvalue weighted by Crippen LogP contribution is -2.44. The average Bonchev–Trinajstić information content (AvgIpc) is 2.81. The second-order valence-electron chi connectivity index (χ2n) is 4.98. The van der Waals surface area contributed by atoms with Crippen LogP contribution in [0.1, 0.15) is 11.3 Å². The number of carbonyl (C=O) groups excluding carboxylic acids is 1. The lowest BCUT2D eigenvalue weighted by atomic mass is 10.1. The molecule has 2 aliphatic heterocycles. The van der Waals surface area contributed by atoms with Crippen LogP contribution in [0.5, 0.6) is 0 Å². The predicted octanol–water partition coefficient (Wildman–Crippen LogP) is 2.45. The Bertz CT molecular complexity index is 746.